The van der Waals surface area contributed by atoms with Gasteiger partial charge in [-0.3, -0.25) is 0 Å². The van der Waals surface area contributed by atoms with E-state index in [2.05, 4.69) is 63.5 Å². The molecule has 0 aromatic heterocycles. The van der Waals surface area contributed by atoms with E-state index in [9.17, 15) is 4.79 Å². The van der Waals surface area contributed by atoms with Crippen molar-refractivity contribution in [1.29, 1.82) is 0 Å². The Hall–Kier alpha value is 0.984. The number of carbonyl (C=O) groups excluding carboxylic acids is 1. The van der Waals surface area contributed by atoms with E-state index in [1.807, 2.05) is 6.92 Å². The predicted octanol–water partition coefficient (Wildman–Crippen LogP) is 6.01. The van der Waals surface area contributed by atoms with E-state index < -0.39 is 45.1 Å². The average Bonchev–Trinajstić information content (AvgIpc) is 2.33. The monoisotopic (exact) mass is 586 g/mol. The molecule has 0 aliphatic heterocycles. The van der Waals surface area contributed by atoms with Crippen LogP contribution in [0.5, 0.6) is 0 Å². The van der Waals surface area contributed by atoms with E-state index in [-0.39, 0.29) is 11.0 Å². The van der Waals surface area contributed by atoms with Crippen molar-refractivity contribution in [1.82, 2.24) is 0 Å². The zero-order valence-electron chi connectivity index (χ0n) is 18.8. The third kappa shape index (κ3) is 8.26. The van der Waals surface area contributed by atoms with E-state index in [4.69, 9.17) is 9.16 Å². The standard InChI is InChI=1S/C13H24O3Si.6CH3.2Sn/c1-7-15-12(14)10-8-9-11-16-17(5,6)13(2,3)4;;;;;;;;/h7,9,11H2,1-6H3;6*1H3;;. The molecule has 0 amide bonds. The van der Waals surface area contributed by atoms with Crippen molar-refractivity contribution >= 4 is 51.0 Å². The second-order valence-electron chi connectivity index (χ2n) is 10.4. The van der Waals surface area contributed by atoms with Gasteiger partial charge in [0.25, 0.3) is 0 Å². The topological polar surface area (TPSA) is 35.5 Å². The molecule has 0 bridgehead atoms. The van der Waals surface area contributed by atoms with Crippen LogP contribution in [0.2, 0.25) is 47.8 Å². The van der Waals surface area contributed by atoms with Crippen molar-refractivity contribution in [3.63, 3.8) is 0 Å². The zero-order chi connectivity index (χ0) is 20.3. The van der Waals surface area contributed by atoms with E-state index in [1.165, 1.54) is 3.59 Å². The van der Waals surface area contributed by atoms with Gasteiger partial charge in [-0.25, -0.2) is 0 Å². The van der Waals surface area contributed by atoms with Crippen LogP contribution < -0.4 is 0 Å². The Morgan fingerprint density at radius 1 is 0.960 bits per heavy atom. The van der Waals surface area contributed by atoms with Crippen molar-refractivity contribution < 1.29 is 14.0 Å². The predicted molar refractivity (Wildman–Crippen MR) is 118 cm³/mol. The Labute approximate surface area is 166 Å². The molecular formula is C19H42O3SiSn2. The third-order valence-electron chi connectivity index (χ3n) is 5.06. The van der Waals surface area contributed by atoms with E-state index >= 15 is 0 Å². The molecule has 0 radical (unpaired) electrons. The molecule has 0 aliphatic rings. The molecule has 6 heteroatoms. The first-order valence-electron chi connectivity index (χ1n) is 9.50. The number of hydrogen-bond donors (Lipinski definition) is 0. The van der Waals surface area contributed by atoms with Crippen molar-refractivity contribution in [2.24, 2.45) is 0 Å². The van der Waals surface area contributed by atoms with Gasteiger partial charge in [-0.1, -0.05) is 0 Å². The van der Waals surface area contributed by atoms with Crippen LogP contribution in [0.4, 0.5) is 0 Å². The van der Waals surface area contributed by atoms with E-state index in [0.717, 1.165) is 16.6 Å². The zero-order valence-corrected chi connectivity index (χ0v) is 25.6. The molecule has 0 heterocycles. The molecular weight excluding hydrogens is 542 g/mol. The first kappa shape index (κ1) is 26.0. The summed E-state index contributed by atoms with van der Waals surface area (Å²) >= 11 is -5.02. The summed E-state index contributed by atoms with van der Waals surface area (Å²) < 4.78 is 14.5. The molecule has 148 valence electrons. The van der Waals surface area contributed by atoms with Crippen LogP contribution >= 0.6 is 0 Å². The maximum absolute atomic E-state index is 12.8. The number of hydrogen-bond acceptors (Lipinski definition) is 3. The minimum atomic E-state index is -2.58. The molecule has 0 fully saturated rings. The van der Waals surface area contributed by atoms with Crippen molar-refractivity contribution in [3.8, 4) is 0 Å². The second-order valence-corrected chi connectivity index (χ2v) is 44.1. The van der Waals surface area contributed by atoms with Crippen LogP contribution in [0.1, 0.15) is 34.1 Å². The van der Waals surface area contributed by atoms with Gasteiger partial charge in [-0.05, 0) is 0 Å². The van der Waals surface area contributed by atoms with Crippen LogP contribution in [0.3, 0.4) is 0 Å². The van der Waals surface area contributed by atoms with Crippen molar-refractivity contribution in [2.75, 3.05) is 13.2 Å². The molecule has 0 aromatic rings. The fourth-order valence-electron chi connectivity index (χ4n) is 2.59. The van der Waals surface area contributed by atoms with Crippen LogP contribution in [0.25, 0.3) is 0 Å². The number of rotatable bonds is 8. The Balaban J connectivity index is 5.73. The molecule has 0 rings (SSSR count). The van der Waals surface area contributed by atoms with Crippen molar-refractivity contribution in [3.05, 3.63) is 7.18 Å². The summed E-state index contributed by atoms with van der Waals surface area (Å²) in [5.41, 5.74) is 0. The van der Waals surface area contributed by atoms with E-state index in [0.29, 0.717) is 6.61 Å². The second kappa shape index (κ2) is 9.46. The van der Waals surface area contributed by atoms with Gasteiger partial charge in [0.15, 0.2) is 0 Å². The average molecular weight is 584 g/mol. The Morgan fingerprint density at radius 3 is 1.76 bits per heavy atom. The van der Waals surface area contributed by atoms with Gasteiger partial charge in [0.2, 0.25) is 0 Å². The van der Waals surface area contributed by atoms with Gasteiger partial charge < -0.3 is 0 Å². The molecule has 0 unspecified atom stereocenters. The number of ether oxygens (including phenoxy) is 1. The summed E-state index contributed by atoms with van der Waals surface area (Å²) in [6.07, 6.45) is 0.911. The number of esters is 1. The van der Waals surface area contributed by atoms with Gasteiger partial charge in [0.05, 0.1) is 0 Å². The number of carbonyl (C=O) groups is 1. The quantitative estimate of drug-likeness (QED) is 0.199. The minimum absolute atomic E-state index is 0.0419. The van der Waals surface area contributed by atoms with Gasteiger partial charge in [0.1, 0.15) is 0 Å². The first-order chi connectivity index (χ1) is 10.9. The normalized spacial score (nSPS) is 15.0. The van der Waals surface area contributed by atoms with Gasteiger partial charge in [-0.2, -0.15) is 0 Å². The fraction of sp³-hybridized carbons (Fsp3) is 0.842. The summed E-state index contributed by atoms with van der Waals surface area (Å²) in [5, 5.41) is 0.217. The van der Waals surface area contributed by atoms with Gasteiger partial charge >= 0.3 is 167 Å². The molecule has 0 saturated heterocycles. The van der Waals surface area contributed by atoms with Crippen molar-refractivity contribution in [2.45, 2.75) is 81.9 Å². The summed E-state index contributed by atoms with van der Waals surface area (Å²) in [7, 11) is -1.75. The molecule has 0 aliphatic carbocycles. The van der Waals surface area contributed by atoms with Crippen LogP contribution in [0.15, 0.2) is 7.18 Å². The molecule has 0 saturated carbocycles. The Morgan fingerprint density at radius 2 is 1.44 bits per heavy atom. The molecule has 0 N–H and O–H groups in total. The first-order valence-corrected chi connectivity index (χ1v) is 32.4. The third-order valence-corrected chi connectivity index (χ3v) is 24.0. The van der Waals surface area contributed by atoms with Crippen LogP contribution in [-0.4, -0.2) is 64.3 Å². The maximum atomic E-state index is 12.8. The molecule has 25 heavy (non-hydrogen) atoms. The summed E-state index contributed by atoms with van der Waals surface area (Å²) in [4.78, 5) is 27.0. The Bertz CT molecular complexity index is 492. The van der Waals surface area contributed by atoms with E-state index in [1.54, 1.807) is 0 Å². The summed E-state index contributed by atoms with van der Waals surface area (Å²) in [5.74, 6) is -0.0419. The summed E-state index contributed by atoms with van der Waals surface area (Å²) in [6.45, 7) is 14.5. The molecule has 0 aromatic carbocycles. The summed E-state index contributed by atoms with van der Waals surface area (Å²) in [6, 6.07) is 0. The molecule has 0 spiro atoms. The molecule has 3 nitrogen and oxygen atoms in total. The SMILES string of the molecule is CCOC(=O)/[C](=[C](\CCO[Si](C)(C)C(C)(C)C)[Sn]([CH3])([CH3])[CH3])[Sn]([CH3])([CH3])[CH3]. The Kier molecular flexibility index (Phi) is 9.83. The van der Waals surface area contributed by atoms with Crippen LogP contribution in [0, 0.1) is 0 Å². The van der Waals surface area contributed by atoms with Gasteiger partial charge in [0, 0.05) is 0 Å². The molecule has 0 atom stereocenters. The van der Waals surface area contributed by atoms with Crippen LogP contribution in [-0.2, 0) is 14.0 Å². The van der Waals surface area contributed by atoms with Gasteiger partial charge in [-0.15, -0.1) is 0 Å². The fourth-order valence-corrected chi connectivity index (χ4v) is 27.7.